The van der Waals surface area contributed by atoms with E-state index in [2.05, 4.69) is 15.9 Å². The number of ether oxygens (including phenoxy) is 1. The van der Waals surface area contributed by atoms with Crippen molar-refractivity contribution in [3.8, 4) is 5.75 Å². The average molecular weight is 312 g/mol. The van der Waals surface area contributed by atoms with E-state index < -0.39 is 19.2 Å². The molecule has 0 unspecified atom stereocenters. The van der Waals surface area contributed by atoms with Crippen molar-refractivity contribution in [1.82, 2.24) is 0 Å². The van der Waals surface area contributed by atoms with Gasteiger partial charge in [0.05, 0.1) is 13.0 Å². The molecule has 0 spiro atoms. The molecule has 0 aliphatic carbocycles. The maximum Gasteiger partial charge on any atom is 0.392 e. The molecule has 2 N–H and O–H groups in total. The van der Waals surface area contributed by atoms with E-state index in [1.54, 1.807) is 25.1 Å². The molecule has 17 heavy (non-hydrogen) atoms. The molecule has 1 rings (SSSR count). The van der Waals surface area contributed by atoms with Gasteiger partial charge in [-0.15, -0.1) is 0 Å². The highest BCUT2D eigenvalue weighted by molar-refractivity contribution is 9.10. The van der Waals surface area contributed by atoms with Gasteiger partial charge in [0.15, 0.2) is 0 Å². The zero-order chi connectivity index (χ0) is 13.1. The lowest BCUT2D eigenvalue weighted by Gasteiger charge is -2.15. The summed E-state index contributed by atoms with van der Waals surface area (Å²) in [6, 6.07) is 4.76. The standard InChI is InChI=1S/C11H13BrF3NO/c1-7(16)9-6-8(12)2-3-10(9)17-5-4-11(13,14)15/h2-3,6-7H,4-5,16H2,1H3/t7-/m1/s1. The molecule has 0 bridgehead atoms. The summed E-state index contributed by atoms with van der Waals surface area (Å²) in [6.07, 6.45) is -5.18. The molecule has 0 radical (unpaired) electrons. The summed E-state index contributed by atoms with van der Waals surface area (Å²) in [5.74, 6) is 0.396. The third-order valence-electron chi connectivity index (χ3n) is 2.11. The predicted molar refractivity (Wildman–Crippen MR) is 62.9 cm³/mol. The number of benzene rings is 1. The minimum Gasteiger partial charge on any atom is -0.493 e. The molecule has 1 aromatic carbocycles. The Balaban J connectivity index is 2.70. The molecule has 1 atom stereocenters. The second-order valence-electron chi connectivity index (χ2n) is 3.68. The zero-order valence-corrected chi connectivity index (χ0v) is 10.8. The van der Waals surface area contributed by atoms with E-state index in [0.29, 0.717) is 11.3 Å². The second kappa shape index (κ2) is 5.73. The van der Waals surface area contributed by atoms with Crippen LogP contribution in [-0.4, -0.2) is 12.8 Å². The van der Waals surface area contributed by atoms with Gasteiger partial charge in [-0.05, 0) is 25.1 Å². The predicted octanol–water partition coefficient (Wildman–Crippen LogP) is 3.80. The van der Waals surface area contributed by atoms with Crippen LogP contribution in [0.3, 0.4) is 0 Å². The molecule has 0 aliphatic rings. The van der Waals surface area contributed by atoms with Crippen molar-refractivity contribution >= 4 is 15.9 Å². The Labute approximate surface area is 106 Å². The molecule has 0 aromatic heterocycles. The van der Waals surface area contributed by atoms with Crippen LogP contribution in [0.2, 0.25) is 0 Å². The van der Waals surface area contributed by atoms with Crippen LogP contribution >= 0.6 is 15.9 Å². The van der Waals surface area contributed by atoms with E-state index in [-0.39, 0.29) is 6.04 Å². The van der Waals surface area contributed by atoms with Crippen molar-refractivity contribution in [2.45, 2.75) is 25.6 Å². The highest BCUT2D eigenvalue weighted by Crippen LogP contribution is 2.28. The maximum absolute atomic E-state index is 12.0. The van der Waals surface area contributed by atoms with Crippen LogP contribution in [-0.2, 0) is 0 Å². The molecule has 0 aliphatic heterocycles. The van der Waals surface area contributed by atoms with Gasteiger partial charge in [0.25, 0.3) is 0 Å². The first-order valence-corrected chi connectivity index (χ1v) is 5.83. The van der Waals surface area contributed by atoms with Crippen LogP contribution in [0.5, 0.6) is 5.75 Å². The molecule has 96 valence electrons. The van der Waals surface area contributed by atoms with Gasteiger partial charge in [0.2, 0.25) is 0 Å². The SMILES string of the molecule is C[C@@H](N)c1cc(Br)ccc1OCCC(F)(F)F. The molecule has 1 aromatic rings. The van der Waals surface area contributed by atoms with Crippen molar-refractivity contribution in [2.24, 2.45) is 5.73 Å². The van der Waals surface area contributed by atoms with Gasteiger partial charge in [-0.1, -0.05) is 15.9 Å². The molecule has 2 nitrogen and oxygen atoms in total. The van der Waals surface area contributed by atoms with E-state index in [1.165, 1.54) is 0 Å². The summed E-state index contributed by atoms with van der Waals surface area (Å²) < 4.78 is 41.8. The highest BCUT2D eigenvalue weighted by Gasteiger charge is 2.27. The first kappa shape index (κ1) is 14.3. The van der Waals surface area contributed by atoms with Crippen LogP contribution in [0.25, 0.3) is 0 Å². The summed E-state index contributed by atoms with van der Waals surface area (Å²) in [4.78, 5) is 0. The number of nitrogens with two attached hydrogens (primary N) is 1. The zero-order valence-electron chi connectivity index (χ0n) is 9.22. The average Bonchev–Trinajstić information content (AvgIpc) is 2.18. The van der Waals surface area contributed by atoms with Gasteiger partial charge in [-0.3, -0.25) is 0 Å². The third-order valence-corrected chi connectivity index (χ3v) is 2.60. The lowest BCUT2D eigenvalue weighted by molar-refractivity contribution is -0.139. The van der Waals surface area contributed by atoms with Crippen LogP contribution in [0.4, 0.5) is 13.2 Å². The number of alkyl halides is 3. The lowest BCUT2D eigenvalue weighted by Crippen LogP contribution is -2.14. The van der Waals surface area contributed by atoms with E-state index in [0.717, 1.165) is 4.47 Å². The second-order valence-corrected chi connectivity index (χ2v) is 4.60. The molecule has 0 saturated heterocycles. The van der Waals surface area contributed by atoms with Gasteiger partial charge in [0, 0.05) is 16.1 Å². The molecule has 6 heteroatoms. The van der Waals surface area contributed by atoms with Crippen molar-refractivity contribution < 1.29 is 17.9 Å². The minimum atomic E-state index is -4.20. The van der Waals surface area contributed by atoms with Crippen LogP contribution in [0, 0.1) is 0 Å². The Morgan fingerprint density at radius 3 is 2.59 bits per heavy atom. The molecular weight excluding hydrogens is 299 g/mol. The van der Waals surface area contributed by atoms with Crippen molar-refractivity contribution in [1.29, 1.82) is 0 Å². The topological polar surface area (TPSA) is 35.2 Å². The van der Waals surface area contributed by atoms with Gasteiger partial charge in [0.1, 0.15) is 5.75 Å². The van der Waals surface area contributed by atoms with E-state index in [4.69, 9.17) is 10.5 Å². The van der Waals surface area contributed by atoms with Crippen molar-refractivity contribution in [2.75, 3.05) is 6.61 Å². The summed E-state index contributed by atoms with van der Waals surface area (Å²) in [6.45, 7) is 1.35. The highest BCUT2D eigenvalue weighted by atomic mass is 79.9. The molecule has 0 amide bonds. The van der Waals surface area contributed by atoms with Crippen LogP contribution in [0.1, 0.15) is 24.9 Å². The fourth-order valence-electron chi connectivity index (χ4n) is 1.28. The first-order valence-electron chi connectivity index (χ1n) is 5.04. The smallest absolute Gasteiger partial charge is 0.392 e. The largest absolute Gasteiger partial charge is 0.493 e. The Hall–Kier alpha value is -0.750. The first-order chi connectivity index (χ1) is 7.79. The van der Waals surface area contributed by atoms with Crippen LogP contribution in [0.15, 0.2) is 22.7 Å². The van der Waals surface area contributed by atoms with Gasteiger partial charge in [-0.2, -0.15) is 13.2 Å². The summed E-state index contributed by atoms with van der Waals surface area (Å²) >= 11 is 3.27. The van der Waals surface area contributed by atoms with Crippen LogP contribution < -0.4 is 10.5 Å². The minimum absolute atomic E-state index is 0.298. The normalized spacial score (nSPS) is 13.5. The monoisotopic (exact) mass is 311 g/mol. The number of rotatable bonds is 4. The van der Waals surface area contributed by atoms with Gasteiger partial charge in [-0.25, -0.2) is 0 Å². The molecule has 0 fully saturated rings. The molecule has 0 saturated carbocycles. The van der Waals surface area contributed by atoms with E-state index in [1.807, 2.05) is 0 Å². The molecular formula is C11H13BrF3NO. The van der Waals surface area contributed by atoms with E-state index in [9.17, 15) is 13.2 Å². The quantitative estimate of drug-likeness (QED) is 0.918. The number of halogens is 4. The fourth-order valence-corrected chi connectivity index (χ4v) is 1.66. The Morgan fingerprint density at radius 2 is 2.06 bits per heavy atom. The Kier molecular flexibility index (Phi) is 4.82. The Bertz CT molecular complexity index is 379. The lowest BCUT2D eigenvalue weighted by atomic mass is 10.1. The summed E-state index contributed by atoms with van der Waals surface area (Å²) in [5.41, 5.74) is 6.40. The van der Waals surface area contributed by atoms with Crippen molar-refractivity contribution in [3.05, 3.63) is 28.2 Å². The number of hydrogen-bond donors (Lipinski definition) is 1. The van der Waals surface area contributed by atoms with Gasteiger partial charge >= 0.3 is 6.18 Å². The van der Waals surface area contributed by atoms with Crippen molar-refractivity contribution in [3.63, 3.8) is 0 Å². The maximum atomic E-state index is 12.0. The molecule has 0 heterocycles. The summed E-state index contributed by atoms with van der Waals surface area (Å²) in [5, 5.41) is 0. The number of hydrogen-bond acceptors (Lipinski definition) is 2. The summed E-state index contributed by atoms with van der Waals surface area (Å²) in [7, 11) is 0. The third kappa shape index (κ3) is 4.95. The van der Waals surface area contributed by atoms with E-state index >= 15 is 0 Å². The van der Waals surface area contributed by atoms with Gasteiger partial charge < -0.3 is 10.5 Å². The fraction of sp³-hybridized carbons (Fsp3) is 0.455. The Morgan fingerprint density at radius 1 is 1.41 bits per heavy atom.